The summed E-state index contributed by atoms with van der Waals surface area (Å²) in [6.07, 6.45) is -0.865. The molecule has 0 heterocycles. The second-order valence-corrected chi connectivity index (χ2v) is 7.50. The van der Waals surface area contributed by atoms with Gasteiger partial charge in [-0.3, -0.25) is 0 Å². The molecule has 1 atom stereocenters. The molecule has 0 aliphatic heterocycles. The molecular weight excluding hydrogens is 347 g/mol. The van der Waals surface area contributed by atoms with Crippen molar-refractivity contribution in [2.75, 3.05) is 0 Å². The van der Waals surface area contributed by atoms with Crippen LogP contribution in [0.4, 0.5) is 0 Å². The first kappa shape index (κ1) is 18.6. The summed E-state index contributed by atoms with van der Waals surface area (Å²) in [5, 5.41) is 10.4. The third-order valence-electron chi connectivity index (χ3n) is 3.69. The van der Waals surface area contributed by atoms with Crippen molar-refractivity contribution in [2.24, 2.45) is 0 Å². The number of hydrogen-bond acceptors (Lipinski definition) is 2. The molecule has 5 heteroatoms. The third kappa shape index (κ3) is 4.89. The molecule has 0 fully saturated rings. The smallest absolute Gasteiger partial charge is 0.345 e. The summed E-state index contributed by atoms with van der Waals surface area (Å²) < 4.78 is 5.64. The van der Waals surface area contributed by atoms with Crippen molar-refractivity contribution in [3.63, 3.8) is 0 Å². The van der Waals surface area contributed by atoms with E-state index in [1.54, 1.807) is 30.3 Å². The minimum absolute atomic E-state index is 0.0293. The van der Waals surface area contributed by atoms with Gasteiger partial charge in [-0.2, -0.15) is 0 Å². The lowest BCUT2D eigenvalue weighted by molar-refractivity contribution is -0.145. The standard InChI is InChI=1S/C19H20Cl2O3/c1-19(2,3)13-5-8-15(9-6-13)24-17(18(22)23)10-12-4-7-14(20)11-16(12)21/h4-9,11,17H,10H2,1-3H3,(H,22,23)/t17-/m0/s1. The number of aliphatic carboxylic acids is 1. The van der Waals surface area contributed by atoms with E-state index in [0.717, 1.165) is 5.56 Å². The second kappa shape index (κ2) is 7.45. The number of carboxylic acid groups (broad SMARTS) is 1. The molecule has 2 aromatic carbocycles. The van der Waals surface area contributed by atoms with Gasteiger partial charge in [0, 0.05) is 16.5 Å². The summed E-state index contributed by atoms with van der Waals surface area (Å²) in [6.45, 7) is 6.35. The average Bonchev–Trinajstić information content (AvgIpc) is 2.48. The fourth-order valence-corrected chi connectivity index (χ4v) is 2.75. The Bertz CT molecular complexity index is 718. The molecule has 128 valence electrons. The van der Waals surface area contributed by atoms with E-state index in [1.165, 1.54) is 0 Å². The molecule has 0 aromatic heterocycles. The van der Waals surface area contributed by atoms with Crippen molar-refractivity contribution < 1.29 is 14.6 Å². The fraction of sp³-hybridized carbons (Fsp3) is 0.316. The molecule has 0 saturated heterocycles. The lowest BCUT2D eigenvalue weighted by Crippen LogP contribution is -2.29. The van der Waals surface area contributed by atoms with Gasteiger partial charge in [-0.1, -0.05) is 62.2 Å². The Morgan fingerprint density at radius 1 is 1.12 bits per heavy atom. The molecule has 0 amide bonds. The maximum absolute atomic E-state index is 11.5. The van der Waals surface area contributed by atoms with Crippen molar-refractivity contribution in [1.82, 2.24) is 0 Å². The largest absolute Gasteiger partial charge is 0.478 e. The molecule has 0 unspecified atom stereocenters. The summed E-state index contributed by atoms with van der Waals surface area (Å²) in [4.78, 5) is 11.5. The van der Waals surface area contributed by atoms with Gasteiger partial charge in [0.15, 0.2) is 6.10 Å². The van der Waals surface area contributed by atoms with Gasteiger partial charge in [0.05, 0.1) is 0 Å². The molecule has 0 spiro atoms. The first-order valence-corrected chi connectivity index (χ1v) is 8.36. The maximum atomic E-state index is 11.5. The Kier molecular flexibility index (Phi) is 5.79. The van der Waals surface area contributed by atoms with Crippen molar-refractivity contribution in [3.8, 4) is 5.75 Å². The molecule has 0 aliphatic carbocycles. The molecule has 0 aliphatic rings. The monoisotopic (exact) mass is 366 g/mol. The van der Waals surface area contributed by atoms with Crippen LogP contribution in [0.15, 0.2) is 42.5 Å². The number of hydrogen-bond donors (Lipinski definition) is 1. The quantitative estimate of drug-likeness (QED) is 0.773. The summed E-state index contributed by atoms with van der Waals surface area (Å²) in [5.74, 6) is -0.526. The zero-order chi connectivity index (χ0) is 17.9. The Hall–Kier alpha value is -1.71. The van der Waals surface area contributed by atoms with Crippen molar-refractivity contribution in [1.29, 1.82) is 0 Å². The highest BCUT2D eigenvalue weighted by Crippen LogP contribution is 2.26. The summed E-state index contributed by atoms with van der Waals surface area (Å²) in [7, 11) is 0. The zero-order valence-electron chi connectivity index (χ0n) is 13.8. The van der Waals surface area contributed by atoms with Gasteiger partial charge in [0.1, 0.15) is 5.75 Å². The van der Waals surface area contributed by atoms with E-state index < -0.39 is 12.1 Å². The van der Waals surface area contributed by atoms with Crippen LogP contribution in [0, 0.1) is 0 Å². The van der Waals surface area contributed by atoms with Crippen LogP contribution >= 0.6 is 23.2 Å². The lowest BCUT2D eigenvalue weighted by Gasteiger charge is -2.20. The molecule has 2 rings (SSSR count). The molecule has 0 saturated carbocycles. The SMILES string of the molecule is CC(C)(C)c1ccc(O[C@@H](Cc2ccc(Cl)cc2Cl)C(=O)O)cc1. The zero-order valence-corrected chi connectivity index (χ0v) is 15.4. The van der Waals surface area contributed by atoms with Crippen LogP contribution in [0.1, 0.15) is 31.9 Å². The summed E-state index contributed by atoms with van der Waals surface area (Å²) in [5.41, 5.74) is 1.86. The first-order chi connectivity index (χ1) is 11.2. The number of carbonyl (C=O) groups is 1. The minimum atomic E-state index is -1.04. The van der Waals surface area contributed by atoms with Crippen molar-refractivity contribution in [3.05, 3.63) is 63.6 Å². The first-order valence-electron chi connectivity index (χ1n) is 7.61. The molecule has 1 N–H and O–H groups in total. The van der Waals surface area contributed by atoms with Gasteiger partial charge in [-0.25, -0.2) is 4.79 Å². The van der Waals surface area contributed by atoms with Gasteiger partial charge in [-0.05, 0) is 40.8 Å². The van der Waals surface area contributed by atoms with Crippen LogP contribution in [-0.4, -0.2) is 17.2 Å². The van der Waals surface area contributed by atoms with E-state index in [0.29, 0.717) is 21.4 Å². The van der Waals surface area contributed by atoms with E-state index in [-0.39, 0.29) is 11.8 Å². The Morgan fingerprint density at radius 3 is 2.25 bits per heavy atom. The van der Waals surface area contributed by atoms with Crippen molar-refractivity contribution in [2.45, 2.75) is 38.7 Å². The second-order valence-electron chi connectivity index (χ2n) is 6.66. The Morgan fingerprint density at radius 2 is 1.75 bits per heavy atom. The molecular formula is C19H20Cl2O3. The van der Waals surface area contributed by atoms with Gasteiger partial charge >= 0.3 is 5.97 Å². The van der Waals surface area contributed by atoms with Crippen LogP contribution in [0.2, 0.25) is 10.0 Å². The molecule has 24 heavy (non-hydrogen) atoms. The predicted octanol–water partition coefficient (Wildman–Crippen LogP) is 5.37. The van der Waals surface area contributed by atoms with Gasteiger partial charge < -0.3 is 9.84 Å². The van der Waals surface area contributed by atoms with Gasteiger partial charge in [0.2, 0.25) is 0 Å². The molecule has 0 bridgehead atoms. The number of halogens is 2. The highest BCUT2D eigenvalue weighted by molar-refractivity contribution is 6.35. The highest BCUT2D eigenvalue weighted by atomic mass is 35.5. The van der Waals surface area contributed by atoms with Crippen LogP contribution < -0.4 is 4.74 Å². The number of carboxylic acids is 1. The Balaban J connectivity index is 2.15. The van der Waals surface area contributed by atoms with E-state index in [1.807, 2.05) is 12.1 Å². The van der Waals surface area contributed by atoms with Crippen LogP contribution in [-0.2, 0) is 16.6 Å². The van der Waals surface area contributed by atoms with E-state index in [4.69, 9.17) is 27.9 Å². The Labute approximate surface area is 152 Å². The van der Waals surface area contributed by atoms with E-state index >= 15 is 0 Å². The van der Waals surface area contributed by atoms with Crippen LogP contribution in [0.3, 0.4) is 0 Å². The summed E-state index contributed by atoms with van der Waals surface area (Å²) >= 11 is 12.0. The van der Waals surface area contributed by atoms with Gasteiger partial charge in [0.25, 0.3) is 0 Å². The van der Waals surface area contributed by atoms with E-state index in [9.17, 15) is 9.90 Å². The number of benzene rings is 2. The number of rotatable bonds is 5. The molecule has 0 radical (unpaired) electrons. The lowest BCUT2D eigenvalue weighted by atomic mass is 9.87. The normalized spacial score (nSPS) is 12.7. The highest BCUT2D eigenvalue weighted by Gasteiger charge is 2.22. The minimum Gasteiger partial charge on any atom is -0.478 e. The van der Waals surface area contributed by atoms with Crippen molar-refractivity contribution >= 4 is 29.2 Å². The van der Waals surface area contributed by atoms with E-state index in [2.05, 4.69) is 20.8 Å². The topological polar surface area (TPSA) is 46.5 Å². The van der Waals surface area contributed by atoms with Gasteiger partial charge in [-0.15, -0.1) is 0 Å². The van der Waals surface area contributed by atoms with Crippen LogP contribution in [0.25, 0.3) is 0 Å². The average molecular weight is 367 g/mol. The number of ether oxygens (including phenoxy) is 1. The maximum Gasteiger partial charge on any atom is 0.345 e. The molecule has 3 nitrogen and oxygen atoms in total. The predicted molar refractivity (Wildman–Crippen MR) is 97.4 cm³/mol. The molecule has 2 aromatic rings. The van der Waals surface area contributed by atoms with Crippen LogP contribution in [0.5, 0.6) is 5.75 Å². The summed E-state index contributed by atoms with van der Waals surface area (Å²) in [6, 6.07) is 12.5. The fourth-order valence-electron chi connectivity index (χ4n) is 2.26. The third-order valence-corrected chi connectivity index (χ3v) is 4.28.